The van der Waals surface area contributed by atoms with Crippen LogP contribution in [0.1, 0.15) is 78.6 Å². The number of carbonyl (C=O) groups is 1. The number of unbranched alkanes of at least 4 members (excludes halogenated alkanes) is 6. The Bertz CT molecular complexity index is 139. The van der Waals surface area contributed by atoms with Crippen molar-refractivity contribution in [2.45, 2.75) is 78.6 Å². The predicted octanol–water partition coefficient (Wildman–Crippen LogP) is 4.56. The molecule has 0 rings (SSSR count). The summed E-state index contributed by atoms with van der Waals surface area (Å²) in [5, 5.41) is 6.89. The maximum Gasteiger partial charge on any atom is 0.290 e. The zero-order chi connectivity index (χ0) is 14.8. The normalized spacial score (nSPS) is 10.1. The van der Waals surface area contributed by atoms with E-state index in [-0.39, 0.29) is 6.47 Å². The predicted molar refractivity (Wildman–Crippen MR) is 83.7 cm³/mol. The standard InChI is InChI=1S/C15H33N.CH2O2/c1-4-7-10-13-16(14-11-8-5-2)15-12-9-6-3;2-1-3/h4-15H2,1-3H3;1H,(H,2,3). The van der Waals surface area contributed by atoms with Gasteiger partial charge in [0.25, 0.3) is 6.47 Å². The van der Waals surface area contributed by atoms with Gasteiger partial charge in [-0.3, -0.25) is 4.79 Å². The summed E-state index contributed by atoms with van der Waals surface area (Å²) < 4.78 is 0. The van der Waals surface area contributed by atoms with Crippen LogP contribution in [0.25, 0.3) is 0 Å². The molecule has 0 aliphatic carbocycles. The minimum atomic E-state index is -0.250. The van der Waals surface area contributed by atoms with Gasteiger partial charge < -0.3 is 10.0 Å². The molecule has 0 spiro atoms. The Balaban J connectivity index is 0. The van der Waals surface area contributed by atoms with Gasteiger partial charge in [0.05, 0.1) is 0 Å². The molecule has 3 heteroatoms. The molecule has 0 amide bonds. The lowest BCUT2D eigenvalue weighted by Crippen LogP contribution is -2.27. The van der Waals surface area contributed by atoms with Crippen LogP contribution in [0.2, 0.25) is 0 Å². The first-order valence-electron chi connectivity index (χ1n) is 8.06. The van der Waals surface area contributed by atoms with E-state index in [0.29, 0.717) is 0 Å². The minimum Gasteiger partial charge on any atom is -0.483 e. The molecule has 0 radical (unpaired) electrons. The van der Waals surface area contributed by atoms with E-state index in [1.165, 1.54) is 77.4 Å². The van der Waals surface area contributed by atoms with Gasteiger partial charge in [0.2, 0.25) is 0 Å². The van der Waals surface area contributed by atoms with Crippen molar-refractivity contribution in [3.05, 3.63) is 0 Å². The van der Waals surface area contributed by atoms with Gasteiger partial charge in [-0.05, 0) is 38.9 Å². The zero-order valence-electron chi connectivity index (χ0n) is 13.4. The van der Waals surface area contributed by atoms with Crippen molar-refractivity contribution in [3.8, 4) is 0 Å². The first kappa shape index (κ1) is 20.7. The fourth-order valence-corrected chi connectivity index (χ4v) is 2.09. The Hall–Kier alpha value is -0.570. The quantitative estimate of drug-likeness (QED) is 0.418. The molecular weight excluding hydrogens is 238 g/mol. The third kappa shape index (κ3) is 19.9. The summed E-state index contributed by atoms with van der Waals surface area (Å²) in [6.45, 7) is 10.6. The molecule has 0 atom stereocenters. The molecule has 0 bridgehead atoms. The lowest BCUT2D eigenvalue weighted by Gasteiger charge is -2.22. The van der Waals surface area contributed by atoms with Crippen LogP contribution in [0.5, 0.6) is 0 Å². The highest BCUT2D eigenvalue weighted by molar-refractivity contribution is 5.32. The van der Waals surface area contributed by atoms with E-state index in [1.54, 1.807) is 0 Å². The maximum absolute atomic E-state index is 8.36. The van der Waals surface area contributed by atoms with Crippen molar-refractivity contribution >= 4 is 6.47 Å². The van der Waals surface area contributed by atoms with Gasteiger partial charge in [0, 0.05) is 0 Å². The highest BCUT2D eigenvalue weighted by atomic mass is 16.3. The summed E-state index contributed by atoms with van der Waals surface area (Å²) in [5.41, 5.74) is 0. The fourth-order valence-electron chi connectivity index (χ4n) is 2.09. The van der Waals surface area contributed by atoms with Crippen LogP contribution in [-0.4, -0.2) is 36.1 Å². The van der Waals surface area contributed by atoms with Crippen molar-refractivity contribution in [2.75, 3.05) is 19.6 Å². The van der Waals surface area contributed by atoms with Crippen molar-refractivity contribution < 1.29 is 9.90 Å². The molecular formula is C16H35NO2. The Labute approximate surface area is 120 Å². The molecule has 0 fully saturated rings. The average Bonchev–Trinajstić information content (AvgIpc) is 2.40. The van der Waals surface area contributed by atoms with E-state index in [1.807, 2.05) is 0 Å². The van der Waals surface area contributed by atoms with Crippen LogP contribution < -0.4 is 0 Å². The third-order valence-electron chi connectivity index (χ3n) is 3.23. The van der Waals surface area contributed by atoms with Crippen molar-refractivity contribution in [1.29, 1.82) is 0 Å². The first-order chi connectivity index (χ1) is 9.26. The molecule has 0 aromatic heterocycles. The van der Waals surface area contributed by atoms with Crippen molar-refractivity contribution in [1.82, 2.24) is 4.90 Å². The summed E-state index contributed by atoms with van der Waals surface area (Å²) in [6.07, 6.45) is 12.4. The molecule has 116 valence electrons. The second-order valence-corrected chi connectivity index (χ2v) is 5.07. The molecule has 3 nitrogen and oxygen atoms in total. The number of hydrogen-bond donors (Lipinski definition) is 1. The topological polar surface area (TPSA) is 40.5 Å². The van der Waals surface area contributed by atoms with Crippen molar-refractivity contribution in [2.24, 2.45) is 0 Å². The lowest BCUT2D eigenvalue weighted by atomic mass is 10.2. The molecule has 0 aliphatic heterocycles. The monoisotopic (exact) mass is 273 g/mol. The Morgan fingerprint density at radius 1 is 0.737 bits per heavy atom. The van der Waals surface area contributed by atoms with E-state index in [4.69, 9.17) is 9.90 Å². The molecule has 0 unspecified atom stereocenters. The molecule has 0 heterocycles. The van der Waals surface area contributed by atoms with Gasteiger partial charge >= 0.3 is 0 Å². The van der Waals surface area contributed by atoms with Crippen LogP contribution in [0.15, 0.2) is 0 Å². The van der Waals surface area contributed by atoms with E-state index in [2.05, 4.69) is 25.7 Å². The number of hydrogen-bond acceptors (Lipinski definition) is 2. The summed E-state index contributed by atoms with van der Waals surface area (Å²) in [4.78, 5) is 11.1. The summed E-state index contributed by atoms with van der Waals surface area (Å²) >= 11 is 0. The molecule has 0 saturated carbocycles. The van der Waals surface area contributed by atoms with Gasteiger partial charge in [-0.1, -0.05) is 59.3 Å². The highest BCUT2D eigenvalue weighted by Crippen LogP contribution is 2.05. The smallest absolute Gasteiger partial charge is 0.290 e. The van der Waals surface area contributed by atoms with Crippen LogP contribution in [-0.2, 0) is 4.79 Å². The number of carboxylic acid groups (broad SMARTS) is 1. The Kier molecular flexibility index (Phi) is 21.6. The molecule has 0 aliphatic rings. The summed E-state index contributed by atoms with van der Waals surface area (Å²) in [6, 6.07) is 0. The van der Waals surface area contributed by atoms with Crippen LogP contribution >= 0.6 is 0 Å². The average molecular weight is 273 g/mol. The van der Waals surface area contributed by atoms with Gasteiger partial charge in [0.1, 0.15) is 0 Å². The van der Waals surface area contributed by atoms with E-state index >= 15 is 0 Å². The van der Waals surface area contributed by atoms with Crippen LogP contribution in [0, 0.1) is 0 Å². The molecule has 19 heavy (non-hydrogen) atoms. The fraction of sp³-hybridized carbons (Fsp3) is 0.938. The second kappa shape index (κ2) is 19.8. The molecule has 0 aromatic carbocycles. The summed E-state index contributed by atoms with van der Waals surface area (Å²) in [7, 11) is 0. The van der Waals surface area contributed by atoms with E-state index in [0.717, 1.165) is 0 Å². The maximum atomic E-state index is 8.36. The number of nitrogens with zero attached hydrogens (tertiary/aromatic N) is 1. The van der Waals surface area contributed by atoms with Crippen molar-refractivity contribution in [3.63, 3.8) is 0 Å². The van der Waals surface area contributed by atoms with Gasteiger partial charge in [0.15, 0.2) is 0 Å². The molecule has 0 saturated heterocycles. The minimum absolute atomic E-state index is 0.250. The van der Waals surface area contributed by atoms with E-state index < -0.39 is 0 Å². The largest absolute Gasteiger partial charge is 0.483 e. The lowest BCUT2D eigenvalue weighted by molar-refractivity contribution is -0.122. The highest BCUT2D eigenvalue weighted by Gasteiger charge is 2.03. The molecule has 0 aromatic rings. The SMILES string of the molecule is CCCCCN(CCCCC)CCCCC.O=CO. The zero-order valence-corrected chi connectivity index (χ0v) is 13.4. The Morgan fingerprint density at radius 2 is 1.00 bits per heavy atom. The first-order valence-corrected chi connectivity index (χ1v) is 8.06. The summed E-state index contributed by atoms with van der Waals surface area (Å²) in [5.74, 6) is 0. The van der Waals surface area contributed by atoms with E-state index in [9.17, 15) is 0 Å². The third-order valence-corrected chi connectivity index (χ3v) is 3.23. The van der Waals surface area contributed by atoms with Gasteiger partial charge in [-0.2, -0.15) is 0 Å². The number of rotatable bonds is 12. The van der Waals surface area contributed by atoms with Crippen LogP contribution in [0.3, 0.4) is 0 Å². The van der Waals surface area contributed by atoms with Crippen LogP contribution in [0.4, 0.5) is 0 Å². The molecule has 1 N–H and O–H groups in total. The van der Waals surface area contributed by atoms with Gasteiger partial charge in [-0.15, -0.1) is 0 Å². The van der Waals surface area contributed by atoms with Gasteiger partial charge in [-0.25, -0.2) is 0 Å². The second-order valence-electron chi connectivity index (χ2n) is 5.07. The Morgan fingerprint density at radius 3 is 1.21 bits per heavy atom.